The molecule has 1 aliphatic rings. The molecule has 0 spiro atoms. The highest BCUT2D eigenvalue weighted by Crippen LogP contribution is 2.33. The zero-order valence-corrected chi connectivity index (χ0v) is 17.4. The van der Waals surface area contributed by atoms with E-state index >= 15 is 0 Å². The Balaban J connectivity index is 1.60. The minimum Gasteiger partial charge on any atom is -0.497 e. The topological polar surface area (TPSA) is 81.4 Å². The number of ether oxygens (including phenoxy) is 1. The Labute approximate surface area is 178 Å². The van der Waals surface area contributed by atoms with Crippen molar-refractivity contribution < 1.29 is 14.3 Å². The van der Waals surface area contributed by atoms with Crippen LogP contribution in [-0.4, -0.2) is 24.8 Å². The van der Waals surface area contributed by atoms with Crippen molar-refractivity contribution in [2.45, 2.75) is 38.1 Å². The smallest absolute Gasteiger partial charge is 0.248 e. The van der Waals surface area contributed by atoms with E-state index in [0.29, 0.717) is 18.0 Å². The minimum absolute atomic E-state index is 0.0240. The van der Waals surface area contributed by atoms with Gasteiger partial charge in [0.2, 0.25) is 5.91 Å². The van der Waals surface area contributed by atoms with Gasteiger partial charge in [0.1, 0.15) is 11.5 Å². The Morgan fingerprint density at radius 1 is 1.13 bits per heavy atom. The number of amides is 1. The standard InChI is InChI=1S/C25H30N2O3/c1-30-22-14-12-21(13-15-22)27-24(29)16-9-19(8-7-18-5-3-2-4-6-18)17-23(28)25(26)20-10-11-20/h2-6,9,12-16,19-20,25H,7-8,10-11,17,26H2,1H3,(H,27,29)/b16-9+/t19-,25-/m0/s1. The fourth-order valence-electron chi connectivity index (χ4n) is 3.46. The van der Waals surface area contributed by atoms with Gasteiger partial charge in [0, 0.05) is 12.1 Å². The molecule has 1 fully saturated rings. The van der Waals surface area contributed by atoms with E-state index in [1.807, 2.05) is 24.3 Å². The number of nitrogens with two attached hydrogens (primary N) is 1. The van der Waals surface area contributed by atoms with Crippen LogP contribution >= 0.6 is 0 Å². The van der Waals surface area contributed by atoms with E-state index in [1.165, 1.54) is 11.6 Å². The van der Waals surface area contributed by atoms with E-state index in [0.717, 1.165) is 31.4 Å². The Morgan fingerprint density at radius 3 is 2.47 bits per heavy atom. The van der Waals surface area contributed by atoms with Crippen molar-refractivity contribution in [2.24, 2.45) is 17.6 Å². The summed E-state index contributed by atoms with van der Waals surface area (Å²) in [4.78, 5) is 24.9. The van der Waals surface area contributed by atoms with Gasteiger partial charge in [0.05, 0.1) is 13.2 Å². The lowest BCUT2D eigenvalue weighted by molar-refractivity contribution is -0.121. The number of carbonyl (C=O) groups excluding carboxylic acids is 2. The first-order valence-corrected chi connectivity index (χ1v) is 10.5. The molecule has 0 heterocycles. The Bertz CT molecular complexity index is 858. The third-order valence-corrected chi connectivity index (χ3v) is 5.49. The highest BCUT2D eigenvalue weighted by atomic mass is 16.5. The first kappa shape index (κ1) is 21.8. The van der Waals surface area contributed by atoms with Crippen molar-refractivity contribution in [1.29, 1.82) is 0 Å². The molecule has 0 aliphatic heterocycles. The van der Waals surface area contributed by atoms with E-state index in [9.17, 15) is 9.59 Å². The third-order valence-electron chi connectivity index (χ3n) is 5.49. The van der Waals surface area contributed by atoms with Gasteiger partial charge >= 0.3 is 0 Å². The van der Waals surface area contributed by atoms with E-state index in [-0.39, 0.29) is 23.7 Å². The number of carbonyl (C=O) groups is 2. The Hall–Kier alpha value is -2.92. The average molecular weight is 407 g/mol. The summed E-state index contributed by atoms with van der Waals surface area (Å²) in [6.45, 7) is 0. The quantitative estimate of drug-likeness (QED) is 0.550. The van der Waals surface area contributed by atoms with Gasteiger partial charge in [-0.25, -0.2) is 0 Å². The van der Waals surface area contributed by atoms with Crippen LogP contribution in [0.15, 0.2) is 66.7 Å². The van der Waals surface area contributed by atoms with Crippen molar-refractivity contribution in [3.8, 4) is 5.75 Å². The van der Waals surface area contributed by atoms with Gasteiger partial charge in [-0.15, -0.1) is 0 Å². The van der Waals surface area contributed by atoms with Crippen molar-refractivity contribution in [2.75, 3.05) is 12.4 Å². The third kappa shape index (κ3) is 6.85. The Morgan fingerprint density at radius 2 is 1.83 bits per heavy atom. The molecule has 1 aliphatic carbocycles. The molecule has 2 aromatic carbocycles. The summed E-state index contributed by atoms with van der Waals surface area (Å²) in [7, 11) is 1.60. The number of ketones is 1. The van der Waals surface area contributed by atoms with E-state index in [4.69, 9.17) is 10.5 Å². The lowest BCUT2D eigenvalue weighted by Crippen LogP contribution is -2.33. The van der Waals surface area contributed by atoms with Gasteiger partial charge in [-0.05, 0) is 73.4 Å². The molecule has 0 unspecified atom stereocenters. The summed E-state index contributed by atoms with van der Waals surface area (Å²) in [6, 6.07) is 17.0. The monoisotopic (exact) mass is 406 g/mol. The maximum atomic E-state index is 12.6. The van der Waals surface area contributed by atoms with Crippen molar-refractivity contribution in [3.63, 3.8) is 0 Å². The molecule has 158 valence electrons. The van der Waals surface area contributed by atoms with Gasteiger partial charge in [0.25, 0.3) is 0 Å². The van der Waals surface area contributed by atoms with E-state index in [1.54, 1.807) is 31.4 Å². The average Bonchev–Trinajstić information content (AvgIpc) is 3.61. The minimum atomic E-state index is -0.370. The van der Waals surface area contributed by atoms with Crippen LogP contribution < -0.4 is 15.8 Å². The number of anilines is 1. The lowest BCUT2D eigenvalue weighted by Gasteiger charge is -2.15. The fraction of sp³-hybridized carbons (Fsp3) is 0.360. The van der Waals surface area contributed by atoms with Crippen LogP contribution in [0.4, 0.5) is 5.69 Å². The van der Waals surface area contributed by atoms with E-state index in [2.05, 4.69) is 17.4 Å². The summed E-state index contributed by atoms with van der Waals surface area (Å²) < 4.78 is 5.13. The predicted octanol–water partition coefficient (Wildman–Crippen LogP) is 4.14. The van der Waals surface area contributed by atoms with E-state index < -0.39 is 0 Å². The maximum Gasteiger partial charge on any atom is 0.248 e. The summed E-state index contributed by atoms with van der Waals surface area (Å²) in [5.74, 6) is 0.924. The lowest BCUT2D eigenvalue weighted by atomic mass is 9.91. The molecule has 5 nitrogen and oxygen atoms in total. The van der Waals surface area contributed by atoms with Crippen LogP contribution in [0, 0.1) is 11.8 Å². The Kier molecular flexibility index (Phi) is 7.80. The normalized spacial score (nSPS) is 15.5. The number of benzene rings is 2. The molecule has 0 bridgehead atoms. The summed E-state index contributed by atoms with van der Waals surface area (Å²) in [6.07, 6.45) is 7.47. The number of hydrogen-bond donors (Lipinski definition) is 2. The molecule has 2 atom stereocenters. The first-order valence-electron chi connectivity index (χ1n) is 10.5. The molecule has 0 saturated heterocycles. The molecular formula is C25H30N2O3. The fourth-order valence-corrected chi connectivity index (χ4v) is 3.46. The van der Waals surface area contributed by atoms with Gasteiger partial charge in [-0.1, -0.05) is 36.4 Å². The van der Waals surface area contributed by atoms with Crippen LogP contribution in [0.3, 0.4) is 0 Å². The van der Waals surface area contributed by atoms with Crippen LogP contribution in [-0.2, 0) is 16.0 Å². The molecule has 0 radical (unpaired) electrons. The maximum absolute atomic E-state index is 12.6. The molecular weight excluding hydrogens is 376 g/mol. The zero-order chi connectivity index (χ0) is 21.3. The van der Waals surface area contributed by atoms with Crippen molar-refractivity contribution >= 4 is 17.4 Å². The van der Waals surface area contributed by atoms with Gasteiger partial charge < -0.3 is 15.8 Å². The second kappa shape index (κ2) is 10.7. The van der Waals surface area contributed by atoms with Crippen LogP contribution in [0.5, 0.6) is 5.75 Å². The van der Waals surface area contributed by atoms with Gasteiger partial charge in [-0.3, -0.25) is 9.59 Å². The molecule has 0 aromatic heterocycles. The molecule has 5 heteroatoms. The van der Waals surface area contributed by atoms with Crippen LogP contribution in [0.25, 0.3) is 0 Å². The first-order chi connectivity index (χ1) is 14.5. The second-order valence-corrected chi connectivity index (χ2v) is 7.89. The second-order valence-electron chi connectivity index (χ2n) is 7.89. The largest absolute Gasteiger partial charge is 0.497 e. The highest BCUT2D eigenvalue weighted by molar-refractivity contribution is 5.99. The number of aryl methyl sites for hydroxylation is 1. The van der Waals surface area contributed by atoms with Crippen molar-refractivity contribution in [1.82, 2.24) is 0 Å². The molecule has 30 heavy (non-hydrogen) atoms. The zero-order valence-electron chi connectivity index (χ0n) is 17.4. The molecule has 3 N–H and O–H groups in total. The number of rotatable bonds is 11. The van der Waals surface area contributed by atoms with Gasteiger partial charge in [0.15, 0.2) is 0 Å². The SMILES string of the molecule is COc1ccc(NC(=O)/C=C/[C@H](CCc2ccccc2)CC(=O)[C@@H](N)C2CC2)cc1. The van der Waals surface area contributed by atoms with Crippen molar-refractivity contribution in [3.05, 3.63) is 72.3 Å². The molecule has 1 saturated carbocycles. The molecule has 2 aromatic rings. The number of methoxy groups -OCH3 is 1. The summed E-state index contributed by atoms with van der Waals surface area (Å²) >= 11 is 0. The number of Topliss-reactive ketones (excluding diaryl/α,β-unsaturated/α-hetero) is 1. The number of nitrogens with one attached hydrogen (secondary N) is 1. The van der Waals surface area contributed by atoms with Crippen LogP contribution in [0.2, 0.25) is 0 Å². The molecule has 3 rings (SSSR count). The number of hydrogen-bond acceptors (Lipinski definition) is 4. The highest BCUT2D eigenvalue weighted by Gasteiger charge is 2.33. The van der Waals surface area contributed by atoms with Gasteiger partial charge in [-0.2, -0.15) is 0 Å². The summed E-state index contributed by atoms with van der Waals surface area (Å²) in [5.41, 5.74) is 8.01. The number of allylic oxidation sites excluding steroid dienone is 1. The predicted molar refractivity (Wildman–Crippen MR) is 119 cm³/mol. The van der Waals surface area contributed by atoms with Crippen LogP contribution in [0.1, 0.15) is 31.2 Å². The molecule has 1 amide bonds. The summed E-state index contributed by atoms with van der Waals surface area (Å²) in [5, 5.41) is 2.84.